The molecule has 0 spiro atoms. The van der Waals surface area contributed by atoms with E-state index in [-0.39, 0.29) is 23.8 Å². The molecular formula is C19H21N3O2. The van der Waals surface area contributed by atoms with E-state index < -0.39 is 0 Å². The molecular weight excluding hydrogens is 302 g/mol. The fraction of sp³-hybridized carbons (Fsp3) is 0.421. The minimum absolute atomic E-state index is 0.0578. The molecule has 3 unspecified atom stereocenters. The number of fused-ring (bicyclic) bond motifs is 1. The molecule has 124 valence electrons. The fourth-order valence-corrected chi connectivity index (χ4v) is 3.48. The normalized spacial score (nSPS) is 26.0. The molecule has 3 atom stereocenters. The fourth-order valence-electron chi connectivity index (χ4n) is 3.48. The van der Waals surface area contributed by atoms with Crippen molar-refractivity contribution in [2.24, 2.45) is 11.8 Å². The Morgan fingerprint density at radius 2 is 2.04 bits per heavy atom. The van der Waals surface area contributed by atoms with Crippen LogP contribution in [-0.4, -0.2) is 22.8 Å². The number of hydrogen-bond acceptors (Lipinski definition) is 3. The summed E-state index contributed by atoms with van der Waals surface area (Å²) >= 11 is 0. The molecule has 1 aromatic heterocycles. The van der Waals surface area contributed by atoms with Gasteiger partial charge < -0.3 is 10.2 Å². The lowest BCUT2D eigenvalue weighted by molar-refractivity contribution is -0.118. The maximum absolute atomic E-state index is 12.1. The van der Waals surface area contributed by atoms with Crippen molar-refractivity contribution in [3.05, 3.63) is 30.5 Å². The van der Waals surface area contributed by atoms with Gasteiger partial charge >= 0.3 is 0 Å². The minimum Gasteiger partial charge on any atom is -0.310 e. The van der Waals surface area contributed by atoms with E-state index in [2.05, 4.69) is 24.1 Å². The summed E-state index contributed by atoms with van der Waals surface area (Å²) in [6.45, 7) is 4.16. The van der Waals surface area contributed by atoms with E-state index in [0.29, 0.717) is 18.2 Å². The number of anilines is 2. The van der Waals surface area contributed by atoms with Crippen LogP contribution in [0.25, 0.3) is 10.8 Å². The first-order chi connectivity index (χ1) is 11.5. The molecule has 24 heavy (non-hydrogen) atoms. The van der Waals surface area contributed by atoms with E-state index in [9.17, 15) is 9.59 Å². The molecule has 5 nitrogen and oxygen atoms in total. The smallest absolute Gasteiger partial charge is 0.228 e. The van der Waals surface area contributed by atoms with Gasteiger partial charge in [-0.25, -0.2) is 4.98 Å². The Morgan fingerprint density at radius 3 is 2.71 bits per heavy atom. The third kappa shape index (κ3) is 2.64. The van der Waals surface area contributed by atoms with Crippen LogP contribution < -0.4 is 10.2 Å². The summed E-state index contributed by atoms with van der Waals surface area (Å²) in [5.74, 6) is 1.44. The molecule has 2 amide bonds. The SMILES string of the molecule is CC1CC1C(=O)Nc1cc2ccc(N3C(=O)CCC3C)cc2cn1. The zero-order chi connectivity index (χ0) is 16.8. The lowest BCUT2D eigenvalue weighted by Gasteiger charge is -2.22. The van der Waals surface area contributed by atoms with Crippen LogP contribution in [0.2, 0.25) is 0 Å². The average Bonchev–Trinajstić information content (AvgIpc) is 3.21. The molecule has 1 aliphatic carbocycles. The Kier molecular flexibility index (Phi) is 3.52. The van der Waals surface area contributed by atoms with E-state index in [1.54, 1.807) is 6.20 Å². The molecule has 1 saturated heterocycles. The summed E-state index contributed by atoms with van der Waals surface area (Å²) in [6, 6.07) is 8.08. The Labute approximate surface area is 141 Å². The van der Waals surface area contributed by atoms with Crippen LogP contribution in [0.5, 0.6) is 0 Å². The third-order valence-electron chi connectivity index (χ3n) is 5.17. The van der Waals surface area contributed by atoms with Crippen LogP contribution in [0, 0.1) is 11.8 Å². The second-order valence-electron chi connectivity index (χ2n) is 7.06. The summed E-state index contributed by atoms with van der Waals surface area (Å²) in [4.78, 5) is 30.3. The molecule has 5 heteroatoms. The molecule has 1 aliphatic heterocycles. The number of hydrogen-bond donors (Lipinski definition) is 1. The first-order valence-corrected chi connectivity index (χ1v) is 8.55. The number of nitrogens with one attached hydrogen (secondary N) is 1. The van der Waals surface area contributed by atoms with Crippen LogP contribution in [0.3, 0.4) is 0 Å². The molecule has 1 saturated carbocycles. The number of amides is 2. The summed E-state index contributed by atoms with van der Waals surface area (Å²) in [6.07, 6.45) is 4.24. The van der Waals surface area contributed by atoms with Crippen molar-refractivity contribution in [2.75, 3.05) is 10.2 Å². The molecule has 0 radical (unpaired) electrons. The van der Waals surface area contributed by atoms with Crippen molar-refractivity contribution in [2.45, 2.75) is 39.2 Å². The second-order valence-corrected chi connectivity index (χ2v) is 7.06. The van der Waals surface area contributed by atoms with Crippen molar-refractivity contribution in [3.63, 3.8) is 0 Å². The van der Waals surface area contributed by atoms with Crippen LogP contribution >= 0.6 is 0 Å². The largest absolute Gasteiger partial charge is 0.310 e. The number of nitrogens with zero attached hydrogens (tertiary/aromatic N) is 2. The Balaban J connectivity index is 1.59. The lowest BCUT2D eigenvalue weighted by atomic mass is 10.1. The van der Waals surface area contributed by atoms with Gasteiger partial charge in [0, 0.05) is 35.7 Å². The highest BCUT2D eigenvalue weighted by Crippen LogP contribution is 2.38. The molecule has 1 aromatic carbocycles. The van der Waals surface area contributed by atoms with Crippen molar-refractivity contribution >= 4 is 34.1 Å². The van der Waals surface area contributed by atoms with Gasteiger partial charge in [0.25, 0.3) is 0 Å². The zero-order valence-electron chi connectivity index (χ0n) is 14.0. The van der Waals surface area contributed by atoms with E-state index in [4.69, 9.17) is 0 Å². The number of carbonyl (C=O) groups is 2. The Morgan fingerprint density at radius 1 is 1.25 bits per heavy atom. The maximum atomic E-state index is 12.1. The summed E-state index contributed by atoms with van der Waals surface area (Å²) < 4.78 is 0. The topological polar surface area (TPSA) is 62.3 Å². The van der Waals surface area contributed by atoms with Gasteiger partial charge in [-0.1, -0.05) is 13.0 Å². The van der Waals surface area contributed by atoms with Crippen molar-refractivity contribution in [1.82, 2.24) is 4.98 Å². The summed E-state index contributed by atoms with van der Waals surface area (Å²) in [5, 5.41) is 4.87. The monoisotopic (exact) mass is 323 g/mol. The standard InChI is InChI=1S/C19H21N3O2/c1-11-7-16(11)19(24)21-17-9-13-4-5-15(8-14(13)10-20-17)22-12(2)3-6-18(22)23/h4-5,8-12,16H,3,6-7H2,1-2H3,(H,20,21,24). The predicted molar refractivity (Wildman–Crippen MR) is 93.8 cm³/mol. The predicted octanol–water partition coefficient (Wildman–Crippen LogP) is 3.34. The van der Waals surface area contributed by atoms with Gasteiger partial charge in [-0.2, -0.15) is 0 Å². The highest BCUT2D eigenvalue weighted by molar-refractivity contribution is 5.99. The van der Waals surface area contributed by atoms with E-state index in [1.807, 2.05) is 29.2 Å². The number of pyridine rings is 1. The van der Waals surface area contributed by atoms with Crippen LogP contribution in [0.4, 0.5) is 11.5 Å². The van der Waals surface area contributed by atoms with Crippen LogP contribution in [0.1, 0.15) is 33.1 Å². The van der Waals surface area contributed by atoms with Gasteiger partial charge in [-0.3, -0.25) is 9.59 Å². The molecule has 2 fully saturated rings. The summed E-state index contributed by atoms with van der Waals surface area (Å²) in [7, 11) is 0. The number of benzene rings is 1. The van der Waals surface area contributed by atoms with Gasteiger partial charge in [0.05, 0.1) is 0 Å². The van der Waals surface area contributed by atoms with E-state index >= 15 is 0 Å². The summed E-state index contributed by atoms with van der Waals surface area (Å²) in [5.41, 5.74) is 0.919. The van der Waals surface area contributed by atoms with E-state index in [1.165, 1.54) is 0 Å². The molecule has 0 bridgehead atoms. The van der Waals surface area contributed by atoms with Crippen LogP contribution in [-0.2, 0) is 9.59 Å². The Hall–Kier alpha value is -2.43. The minimum atomic E-state index is 0.0578. The number of carbonyl (C=O) groups excluding carboxylic acids is 2. The Bertz CT molecular complexity index is 832. The first-order valence-electron chi connectivity index (χ1n) is 8.55. The molecule has 2 heterocycles. The highest BCUT2D eigenvalue weighted by Gasteiger charge is 2.39. The lowest BCUT2D eigenvalue weighted by Crippen LogP contribution is -2.30. The molecule has 1 N–H and O–H groups in total. The van der Waals surface area contributed by atoms with Crippen LogP contribution in [0.15, 0.2) is 30.5 Å². The van der Waals surface area contributed by atoms with Gasteiger partial charge in [0.15, 0.2) is 0 Å². The second kappa shape index (κ2) is 5.58. The van der Waals surface area contributed by atoms with E-state index in [0.717, 1.165) is 29.3 Å². The van der Waals surface area contributed by atoms with Gasteiger partial charge in [-0.05, 0) is 49.3 Å². The molecule has 4 rings (SSSR count). The number of aromatic nitrogens is 1. The molecule has 2 aromatic rings. The van der Waals surface area contributed by atoms with Gasteiger partial charge in [0.1, 0.15) is 5.82 Å². The molecule has 2 aliphatic rings. The third-order valence-corrected chi connectivity index (χ3v) is 5.17. The number of rotatable bonds is 3. The van der Waals surface area contributed by atoms with Crippen molar-refractivity contribution in [3.8, 4) is 0 Å². The van der Waals surface area contributed by atoms with Crippen molar-refractivity contribution in [1.29, 1.82) is 0 Å². The van der Waals surface area contributed by atoms with Gasteiger partial charge in [-0.15, -0.1) is 0 Å². The van der Waals surface area contributed by atoms with Gasteiger partial charge in [0.2, 0.25) is 11.8 Å². The average molecular weight is 323 g/mol. The first kappa shape index (κ1) is 15.1. The quantitative estimate of drug-likeness (QED) is 0.942. The van der Waals surface area contributed by atoms with Crippen molar-refractivity contribution < 1.29 is 9.59 Å². The highest BCUT2D eigenvalue weighted by atomic mass is 16.2. The zero-order valence-corrected chi connectivity index (χ0v) is 14.0. The maximum Gasteiger partial charge on any atom is 0.228 e.